The van der Waals surface area contributed by atoms with Gasteiger partial charge in [-0.25, -0.2) is 9.97 Å². The average molecular weight is 200 g/mol. The monoisotopic (exact) mass is 200 g/mol. The Bertz CT molecular complexity index is 539. The maximum atomic E-state index is 8.86. The maximum absolute atomic E-state index is 8.86. The minimum atomic E-state index is 0.123. The second-order valence-corrected chi connectivity index (χ2v) is 3.01. The second-order valence-electron chi connectivity index (χ2n) is 3.01. The van der Waals surface area contributed by atoms with Crippen LogP contribution in [-0.4, -0.2) is 9.97 Å². The third-order valence-corrected chi connectivity index (χ3v) is 1.90. The van der Waals surface area contributed by atoms with Crippen molar-refractivity contribution in [2.75, 3.05) is 5.73 Å². The summed E-state index contributed by atoms with van der Waals surface area (Å²) in [7, 11) is 0. The first-order valence-electron chi connectivity index (χ1n) is 4.30. The molecule has 0 aliphatic carbocycles. The molecule has 74 valence electrons. The Morgan fingerprint density at radius 2 is 2.27 bits per heavy atom. The number of nitrogen functional groups attached to an aromatic ring is 1. The number of aryl methyl sites for hydroxylation is 1. The van der Waals surface area contributed by atoms with E-state index < -0.39 is 0 Å². The van der Waals surface area contributed by atoms with Crippen LogP contribution in [0.15, 0.2) is 22.7 Å². The number of anilines is 1. The molecule has 0 fully saturated rings. The van der Waals surface area contributed by atoms with Crippen molar-refractivity contribution in [1.29, 1.82) is 5.26 Å². The van der Waals surface area contributed by atoms with E-state index in [2.05, 4.69) is 9.97 Å². The van der Waals surface area contributed by atoms with Crippen LogP contribution in [0.25, 0.3) is 11.5 Å². The molecule has 0 saturated heterocycles. The Balaban J connectivity index is 2.61. The van der Waals surface area contributed by atoms with Gasteiger partial charge in [0.15, 0.2) is 5.76 Å². The summed E-state index contributed by atoms with van der Waals surface area (Å²) in [5.74, 6) is 1.40. The van der Waals surface area contributed by atoms with Gasteiger partial charge < -0.3 is 10.2 Å². The summed E-state index contributed by atoms with van der Waals surface area (Å²) in [6.45, 7) is 1.82. The molecular weight excluding hydrogens is 192 g/mol. The summed E-state index contributed by atoms with van der Waals surface area (Å²) in [6, 6.07) is 5.54. The molecule has 2 heterocycles. The minimum Gasteiger partial charge on any atom is -0.460 e. The number of aromatic nitrogens is 2. The van der Waals surface area contributed by atoms with Crippen molar-refractivity contribution in [3.63, 3.8) is 0 Å². The molecule has 0 bridgehead atoms. The molecule has 0 amide bonds. The predicted octanol–water partition coefficient (Wildman–Crippen LogP) is 1.50. The number of hydrogen-bond acceptors (Lipinski definition) is 5. The lowest BCUT2D eigenvalue weighted by Crippen LogP contribution is -1.98. The van der Waals surface area contributed by atoms with Crippen LogP contribution in [0.1, 0.15) is 11.3 Å². The highest BCUT2D eigenvalue weighted by Crippen LogP contribution is 2.23. The highest BCUT2D eigenvalue weighted by molar-refractivity contribution is 5.62. The van der Waals surface area contributed by atoms with Gasteiger partial charge in [-0.3, -0.25) is 0 Å². The van der Waals surface area contributed by atoms with E-state index in [1.54, 1.807) is 12.1 Å². The van der Waals surface area contributed by atoms with Crippen LogP contribution >= 0.6 is 0 Å². The molecule has 5 heteroatoms. The van der Waals surface area contributed by atoms with Gasteiger partial charge in [0.25, 0.3) is 0 Å². The molecule has 5 nitrogen and oxygen atoms in total. The molecule has 0 atom stereocenters. The zero-order valence-electron chi connectivity index (χ0n) is 8.06. The Morgan fingerprint density at radius 1 is 1.47 bits per heavy atom. The number of hydrogen-bond donors (Lipinski definition) is 1. The van der Waals surface area contributed by atoms with Gasteiger partial charge in [-0.1, -0.05) is 0 Å². The molecule has 2 rings (SSSR count). The van der Waals surface area contributed by atoms with Crippen molar-refractivity contribution < 1.29 is 4.42 Å². The van der Waals surface area contributed by atoms with Gasteiger partial charge in [0.2, 0.25) is 5.95 Å². The molecule has 2 aromatic heterocycles. The standard InChI is InChI=1S/C10H8N4O/c1-6-2-3-8(15-6)9-7(4-11)5-13-10(12)14-9/h2-3,5H,1H3,(H2,12,13,14). The van der Waals surface area contributed by atoms with E-state index >= 15 is 0 Å². The van der Waals surface area contributed by atoms with E-state index in [1.807, 2.05) is 13.0 Å². The SMILES string of the molecule is Cc1ccc(-c2nc(N)ncc2C#N)o1. The maximum Gasteiger partial charge on any atom is 0.220 e. The lowest BCUT2D eigenvalue weighted by molar-refractivity contribution is 0.546. The van der Waals surface area contributed by atoms with E-state index in [0.717, 1.165) is 5.76 Å². The summed E-state index contributed by atoms with van der Waals surface area (Å²) in [6.07, 6.45) is 1.38. The number of nitrogens with zero attached hydrogens (tertiary/aromatic N) is 3. The van der Waals surface area contributed by atoms with Gasteiger partial charge in [-0.05, 0) is 19.1 Å². The zero-order chi connectivity index (χ0) is 10.8. The summed E-state index contributed by atoms with van der Waals surface area (Å²) in [4.78, 5) is 7.72. The second kappa shape index (κ2) is 3.42. The molecule has 0 unspecified atom stereocenters. The van der Waals surface area contributed by atoms with Crippen molar-refractivity contribution in [3.8, 4) is 17.5 Å². The quantitative estimate of drug-likeness (QED) is 0.753. The van der Waals surface area contributed by atoms with Gasteiger partial charge in [-0.15, -0.1) is 0 Å². The van der Waals surface area contributed by atoms with Crippen molar-refractivity contribution in [3.05, 3.63) is 29.7 Å². The van der Waals surface area contributed by atoms with Crippen molar-refractivity contribution in [1.82, 2.24) is 9.97 Å². The van der Waals surface area contributed by atoms with Gasteiger partial charge >= 0.3 is 0 Å². The van der Waals surface area contributed by atoms with Crippen molar-refractivity contribution in [2.45, 2.75) is 6.92 Å². The Hall–Kier alpha value is -2.35. The first kappa shape index (κ1) is 9.21. The van der Waals surface area contributed by atoms with E-state index in [-0.39, 0.29) is 5.95 Å². The minimum absolute atomic E-state index is 0.123. The molecule has 0 aliphatic rings. The Labute approximate surface area is 86.2 Å². The third kappa shape index (κ3) is 1.65. The van der Waals surface area contributed by atoms with Crippen LogP contribution < -0.4 is 5.73 Å². The number of rotatable bonds is 1. The highest BCUT2D eigenvalue weighted by Gasteiger charge is 2.11. The molecule has 2 N–H and O–H groups in total. The van der Waals surface area contributed by atoms with Crippen LogP contribution in [0.2, 0.25) is 0 Å². The fourth-order valence-electron chi connectivity index (χ4n) is 1.23. The highest BCUT2D eigenvalue weighted by atomic mass is 16.3. The largest absolute Gasteiger partial charge is 0.460 e. The predicted molar refractivity (Wildman–Crippen MR) is 53.6 cm³/mol. The van der Waals surface area contributed by atoms with Crippen LogP contribution in [-0.2, 0) is 0 Å². The number of nitrogens with two attached hydrogens (primary N) is 1. The summed E-state index contributed by atoms with van der Waals surface area (Å²) in [5, 5.41) is 8.86. The van der Waals surface area contributed by atoms with Gasteiger partial charge in [-0.2, -0.15) is 5.26 Å². The Morgan fingerprint density at radius 3 is 2.87 bits per heavy atom. The number of furan rings is 1. The lowest BCUT2D eigenvalue weighted by atomic mass is 10.2. The smallest absolute Gasteiger partial charge is 0.220 e. The van der Waals surface area contributed by atoms with Crippen LogP contribution in [0.5, 0.6) is 0 Å². The first-order chi connectivity index (χ1) is 7.20. The fourth-order valence-corrected chi connectivity index (χ4v) is 1.23. The van der Waals surface area contributed by atoms with Crippen LogP contribution in [0.4, 0.5) is 5.95 Å². The Kier molecular flexibility index (Phi) is 2.10. The number of nitriles is 1. The summed E-state index contributed by atoms with van der Waals surface area (Å²) >= 11 is 0. The molecular formula is C10H8N4O. The first-order valence-corrected chi connectivity index (χ1v) is 4.30. The zero-order valence-corrected chi connectivity index (χ0v) is 8.06. The van der Waals surface area contributed by atoms with Crippen LogP contribution in [0.3, 0.4) is 0 Å². The normalized spacial score (nSPS) is 9.87. The van der Waals surface area contributed by atoms with E-state index in [0.29, 0.717) is 17.0 Å². The van der Waals surface area contributed by atoms with E-state index in [4.69, 9.17) is 15.4 Å². The molecule has 0 aliphatic heterocycles. The average Bonchev–Trinajstić information content (AvgIpc) is 2.65. The molecule has 15 heavy (non-hydrogen) atoms. The van der Waals surface area contributed by atoms with Crippen LogP contribution in [0, 0.1) is 18.3 Å². The van der Waals surface area contributed by atoms with E-state index in [9.17, 15) is 0 Å². The summed E-state index contributed by atoms with van der Waals surface area (Å²) in [5.41, 5.74) is 6.23. The van der Waals surface area contributed by atoms with Gasteiger partial charge in [0, 0.05) is 0 Å². The van der Waals surface area contributed by atoms with Gasteiger partial charge in [0.1, 0.15) is 23.1 Å². The fraction of sp³-hybridized carbons (Fsp3) is 0.100. The molecule has 0 aromatic carbocycles. The lowest BCUT2D eigenvalue weighted by Gasteiger charge is -1.99. The van der Waals surface area contributed by atoms with E-state index in [1.165, 1.54) is 6.20 Å². The van der Waals surface area contributed by atoms with Gasteiger partial charge in [0.05, 0.1) is 6.20 Å². The molecule has 0 saturated carbocycles. The summed E-state index contributed by atoms with van der Waals surface area (Å²) < 4.78 is 5.37. The molecule has 2 aromatic rings. The third-order valence-electron chi connectivity index (χ3n) is 1.90. The molecule has 0 radical (unpaired) electrons. The molecule has 0 spiro atoms. The van der Waals surface area contributed by atoms with Crippen molar-refractivity contribution in [2.24, 2.45) is 0 Å². The van der Waals surface area contributed by atoms with Crippen molar-refractivity contribution >= 4 is 5.95 Å². The topological polar surface area (TPSA) is 88.7 Å².